The van der Waals surface area contributed by atoms with Crippen LogP contribution in [0.2, 0.25) is 10.2 Å². The fourth-order valence-corrected chi connectivity index (χ4v) is 4.08. The number of H-pyrrole nitrogens is 1. The molecule has 1 aliphatic carbocycles. The van der Waals surface area contributed by atoms with Crippen molar-refractivity contribution in [2.75, 3.05) is 0 Å². The Labute approximate surface area is 185 Å². The monoisotopic (exact) mass is 453 g/mol. The van der Waals surface area contributed by atoms with Crippen molar-refractivity contribution in [2.24, 2.45) is 11.8 Å². The van der Waals surface area contributed by atoms with E-state index in [9.17, 15) is 19.6 Å². The van der Waals surface area contributed by atoms with Gasteiger partial charge < -0.3 is 20.9 Å². The number of halogens is 2. The van der Waals surface area contributed by atoms with Gasteiger partial charge in [-0.1, -0.05) is 36.0 Å². The van der Waals surface area contributed by atoms with Gasteiger partial charge in [-0.25, -0.2) is 0 Å². The third-order valence-electron chi connectivity index (χ3n) is 5.44. The molecule has 3 atom stereocenters. The van der Waals surface area contributed by atoms with E-state index in [0.717, 1.165) is 12.8 Å². The molecule has 2 aliphatic rings. The van der Waals surface area contributed by atoms with Crippen molar-refractivity contribution in [3.63, 3.8) is 0 Å². The number of carbonyl (C=O) groups excluding carboxylic acids is 3. The number of amides is 3. The molecule has 0 spiro atoms. The molecule has 3 rings (SSSR count). The van der Waals surface area contributed by atoms with Gasteiger partial charge in [0.05, 0.1) is 11.1 Å². The van der Waals surface area contributed by atoms with Gasteiger partial charge in [-0.05, 0) is 45.1 Å². The molecule has 1 aromatic rings. The lowest BCUT2D eigenvalue weighted by atomic mass is 9.92. The molecule has 1 aromatic heterocycles. The minimum absolute atomic E-state index is 0.113. The molecule has 0 radical (unpaired) electrons. The van der Waals surface area contributed by atoms with Gasteiger partial charge in [0.15, 0.2) is 0 Å². The Kier molecular flexibility index (Phi) is 6.63. The minimum atomic E-state index is -0.824. The first-order valence-electron chi connectivity index (χ1n) is 9.95. The number of hydrogen-bond donors (Lipinski definition) is 4. The molecule has 8 nitrogen and oxygen atoms in total. The van der Waals surface area contributed by atoms with E-state index in [1.54, 1.807) is 0 Å². The number of hydrogen-bond acceptors (Lipinski definition) is 4. The molecule has 1 saturated carbocycles. The normalized spacial score (nSPS) is 22.0. The van der Waals surface area contributed by atoms with Crippen molar-refractivity contribution in [1.29, 1.82) is 5.26 Å². The first-order chi connectivity index (χ1) is 14.1. The van der Waals surface area contributed by atoms with Crippen LogP contribution < -0.4 is 16.0 Å². The molecule has 0 aromatic carbocycles. The highest BCUT2D eigenvalue weighted by Gasteiger charge is 2.39. The summed E-state index contributed by atoms with van der Waals surface area (Å²) in [6, 6.07) is 1.83. The van der Waals surface area contributed by atoms with Crippen molar-refractivity contribution in [3.05, 3.63) is 21.9 Å². The van der Waals surface area contributed by atoms with Crippen LogP contribution in [0.4, 0.5) is 0 Å². The van der Waals surface area contributed by atoms with E-state index < -0.39 is 23.9 Å². The van der Waals surface area contributed by atoms with Gasteiger partial charge in [-0.15, -0.1) is 0 Å². The number of carbonyl (C=O) groups is 3. The molecule has 10 heteroatoms. The summed E-state index contributed by atoms with van der Waals surface area (Å²) < 4.78 is 0. The van der Waals surface area contributed by atoms with Crippen LogP contribution in [-0.2, 0) is 9.59 Å². The van der Waals surface area contributed by atoms with Crippen LogP contribution in [0.5, 0.6) is 0 Å². The lowest BCUT2D eigenvalue weighted by molar-refractivity contribution is -0.125. The summed E-state index contributed by atoms with van der Waals surface area (Å²) in [4.78, 5) is 40.2. The number of nitrogens with one attached hydrogen (secondary N) is 4. The van der Waals surface area contributed by atoms with E-state index in [1.165, 1.54) is 6.07 Å². The second-order valence-corrected chi connectivity index (χ2v) is 9.54. The van der Waals surface area contributed by atoms with Gasteiger partial charge in [0.2, 0.25) is 11.8 Å². The Bertz CT molecular complexity index is 868. The predicted octanol–water partition coefficient (Wildman–Crippen LogP) is 2.53. The quantitative estimate of drug-likeness (QED) is 0.482. The first-order valence-corrected chi connectivity index (χ1v) is 10.7. The van der Waals surface area contributed by atoms with E-state index in [4.69, 9.17) is 23.2 Å². The van der Waals surface area contributed by atoms with Crippen LogP contribution in [0.3, 0.4) is 0 Å². The first kappa shape index (κ1) is 22.4. The Hall–Kier alpha value is -2.24. The molecule has 3 amide bonds. The maximum Gasteiger partial charge on any atom is 0.268 e. The topological polar surface area (TPSA) is 127 Å². The number of aromatic amines is 1. The number of nitrogens with zero attached hydrogens (tertiary/aromatic N) is 1. The summed E-state index contributed by atoms with van der Waals surface area (Å²) in [5.74, 6) is -1.04. The standard InChI is InChI=1S/C20H25Cl2N5O3/c1-20(2)8-11(17(28)27-20)6-12(9-23)24-18(29)14(5-10-3-4-10)26-19(30)15-7-13(21)16(22)25-15/h7,10-12,14,25H,3-6,8H2,1-2H3,(H,24,29)(H,26,30)(H,27,28)/t11-,12+,14+/m1/s1. The highest BCUT2D eigenvalue weighted by Crippen LogP contribution is 2.34. The van der Waals surface area contributed by atoms with Crippen LogP contribution in [0, 0.1) is 23.2 Å². The highest BCUT2D eigenvalue weighted by molar-refractivity contribution is 6.41. The van der Waals surface area contributed by atoms with Gasteiger partial charge in [-0.3, -0.25) is 14.4 Å². The van der Waals surface area contributed by atoms with Gasteiger partial charge in [0.1, 0.15) is 22.9 Å². The Morgan fingerprint density at radius 2 is 2.00 bits per heavy atom. The van der Waals surface area contributed by atoms with Crippen LogP contribution in [-0.4, -0.2) is 40.3 Å². The molecule has 0 unspecified atom stereocenters. The summed E-state index contributed by atoms with van der Waals surface area (Å²) in [5, 5.41) is 18.1. The average molecular weight is 454 g/mol. The van der Waals surface area contributed by atoms with Gasteiger partial charge in [0.25, 0.3) is 5.91 Å². The van der Waals surface area contributed by atoms with Crippen LogP contribution in [0.25, 0.3) is 0 Å². The Morgan fingerprint density at radius 1 is 1.30 bits per heavy atom. The van der Waals surface area contributed by atoms with Crippen molar-refractivity contribution >= 4 is 40.9 Å². The summed E-state index contributed by atoms with van der Waals surface area (Å²) in [5.41, 5.74) is -0.174. The molecular weight excluding hydrogens is 429 g/mol. The fraction of sp³-hybridized carbons (Fsp3) is 0.600. The molecular formula is C20H25Cl2N5O3. The van der Waals surface area contributed by atoms with Gasteiger partial charge in [-0.2, -0.15) is 5.26 Å². The van der Waals surface area contributed by atoms with Crippen molar-refractivity contribution in [1.82, 2.24) is 20.9 Å². The third kappa shape index (κ3) is 5.67. The fourth-order valence-electron chi connectivity index (χ4n) is 3.77. The molecule has 1 aliphatic heterocycles. The molecule has 0 bridgehead atoms. The maximum absolute atomic E-state index is 12.9. The molecule has 4 N–H and O–H groups in total. The van der Waals surface area contributed by atoms with Crippen LogP contribution in [0.15, 0.2) is 6.07 Å². The molecule has 162 valence electrons. The minimum Gasteiger partial charge on any atom is -0.351 e. The Morgan fingerprint density at radius 3 is 2.50 bits per heavy atom. The van der Waals surface area contributed by atoms with E-state index in [-0.39, 0.29) is 39.7 Å². The molecule has 2 heterocycles. The van der Waals surface area contributed by atoms with E-state index in [0.29, 0.717) is 18.8 Å². The van der Waals surface area contributed by atoms with Gasteiger partial charge >= 0.3 is 0 Å². The van der Waals surface area contributed by atoms with E-state index in [1.807, 2.05) is 13.8 Å². The Balaban J connectivity index is 1.63. The molecule has 1 saturated heterocycles. The third-order valence-corrected chi connectivity index (χ3v) is 6.13. The SMILES string of the molecule is CC1(C)C[C@@H](C[C@@H](C#N)NC(=O)[C@H](CC2CC2)NC(=O)c2cc(Cl)c(Cl)[nH]2)C(=O)N1. The maximum atomic E-state index is 12.9. The number of nitriles is 1. The zero-order valence-electron chi connectivity index (χ0n) is 16.9. The second kappa shape index (κ2) is 8.86. The second-order valence-electron chi connectivity index (χ2n) is 8.75. The zero-order chi connectivity index (χ0) is 22.1. The summed E-state index contributed by atoms with van der Waals surface area (Å²) in [7, 11) is 0. The lowest BCUT2D eigenvalue weighted by Gasteiger charge is -2.21. The van der Waals surface area contributed by atoms with Gasteiger partial charge in [0, 0.05) is 11.5 Å². The number of rotatable bonds is 8. The smallest absolute Gasteiger partial charge is 0.268 e. The summed E-state index contributed by atoms with van der Waals surface area (Å²) in [6.45, 7) is 3.84. The van der Waals surface area contributed by atoms with Crippen molar-refractivity contribution in [2.45, 2.75) is 63.6 Å². The summed E-state index contributed by atoms with van der Waals surface area (Å²) >= 11 is 11.7. The summed E-state index contributed by atoms with van der Waals surface area (Å²) in [6.07, 6.45) is 3.30. The largest absolute Gasteiger partial charge is 0.351 e. The van der Waals surface area contributed by atoms with Crippen molar-refractivity contribution < 1.29 is 14.4 Å². The average Bonchev–Trinajstić information content (AvgIpc) is 3.36. The molecule has 30 heavy (non-hydrogen) atoms. The van der Waals surface area contributed by atoms with E-state index in [2.05, 4.69) is 27.0 Å². The lowest BCUT2D eigenvalue weighted by Crippen LogP contribution is -2.50. The van der Waals surface area contributed by atoms with E-state index >= 15 is 0 Å². The van der Waals surface area contributed by atoms with Crippen molar-refractivity contribution in [3.8, 4) is 6.07 Å². The van der Waals surface area contributed by atoms with Crippen LogP contribution >= 0.6 is 23.2 Å². The number of aromatic nitrogens is 1. The predicted molar refractivity (Wildman–Crippen MR) is 112 cm³/mol. The zero-order valence-corrected chi connectivity index (χ0v) is 18.4. The highest BCUT2D eigenvalue weighted by atomic mass is 35.5. The van der Waals surface area contributed by atoms with Crippen LogP contribution in [0.1, 0.15) is 56.4 Å². The molecule has 2 fully saturated rings.